The Balaban J connectivity index is 1.45. The van der Waals surface area contributed by atoms with Crippen LogP contribution >= 0.6 is 0 Å². The van der Waals surface area contributed by atoms with E-state index in [1.54, 1.807) is 0 Å². The maximum absolute atomic E-state index is 10.6. The summed E-state index contributed by atoms with van der Waals surface area (Å²) in [5, 5.41) is 34.4. The number of aliphatic hydroxyl groups is 3. The Morgan fingerprint density at radius 3 is 2.66 bits per heavy atom. The summed E-state index contributed by atoms with van der Waals surface area (Å²) < 4.78 is 16.9. The van der Waals surface area contributed by atoms with Crippen LogP contribution < -0.4 is 10.1 Å². The first-order chi connectivity index (χ1) is 15.5. The minimum atomic E-state index is -1.35. The van der Waals surface area contributed by atoms with Crippen LogP contribution in [0.5, 0.6) is 5.75 Å². The summed E-state index contributed by atoms with van der Waals surface area (Å²) in [4.78, 5) is 0. The van der Waals surface area contributed by atoms with Gasteiger partial charge in [-0.05, 0) is 66.0 Å². The molecular formula is C25H31NO6. The number of anilines is 1. The van der Waals surface area contributed by atoms with Gasteiger partial charge < -0.3 is 34.8 Å². The third kappa shape index (κ3) is 4.23. The van der Waals surface area contributed by atoms with Gasteiger partial charge in [0.25, 0.3) is 0 Å². The van der Waals surface area contributed by atoms with Crippen molar-refractivity contribution in [2.24, 2.45) is 0 Å². The molecule has 1 aliphatic carbocycles. The van der Waals surface area contributed by atoms with Gasteiger partial charge in [0.05, 0.1) is 12.3 Å². The Hall–Kier alpha value is -2.16. The molecule has 32 heavy (non-hydrogen) atoms. The highest BCUT2D eigenvalue weighted by Gasteiger charge is 2.44. The van der Waals surface area contributed by atoms with E-state index >= 15 is 0 Å². The monoisotopic (exact) mass is 441 g/mol. The highest BCUT2D eigenvalue weighted by atomic mass is 16.7. The molecule has 1 saturated heterocycles. The quantitative estimate of drug-likeness (QED) is 0.566. The lowest BCUT2D eigenvalue weighted by Gasteiger charge is -2.40. The predicted octanol–water partition coefficient (Wildman–Crippen LogP) is 2.48. The van der Waals surface area contributed by atoms with Crippen molar-refractivity contribution in [1.82, 2.24) is 0 Å². The molecule has 0 aromatic heterocycles. The van der Waals surface area contributed by atoms with Gasteiger partial charge in [-0.1, -0.05) is 24.3 Å². The fraction of sp³-hybridized carbons (Fsp3) is 0.520. The highest BCUT2D eigenvalue weighted by molar-refractivity contribution is 5.59. The highest BCUT2D eigenvalue weighted by Crippen LogP contribution is 2.44. The molecule has 172 valence electrons. The van der Waals surface area contributed by atoms with Crippen LogP contribution in [-0.2, 0) is 15.9 Å². The van der Waals surface area contributed by atoms with Crippen molar-refractivity contribution in [3.8, 4) is 5.75 Å². The summed E-state index contributed by atoms with van der Waals surface area (Å²) in [5.74, 6) is 1.45. The van der Waals surface area contributed by atoms with Gasteiger partial charge >= 0.3 is 0 Å². The molecule has 2 heterocycles. The number of hydrogen-bond acceptors (Lipinski definition) is 7. The zero-order chi connectivity index (χ0) is 22.2. The topological polar surface area (TPSA) is 100 Å². The van der Waals surface area contributed by atoms with Gasteiger partial charge in [-0.3, -0.25) is 0 Å². The second-order valence-electron chi connectivity index (χ2n) is 9.00. The minimum absolute atomic E-state index is 0.564. The lowest BCUT2D eigenvalue weighted by molar-refractivity contribution is -0.292. The Morgan fingerprint density at radius 2 is 1.88 bits per heavy atom. The Labute approximate surface area is 187 Å². The van der Waals surface area contributed by atoms with Gasteiger partial charge in [-0.2, -0.15) is 0 Å². The zero-order valence-electron chi connectivity index (χ0n) is 18.2. The molecule has 0 bridgehead atoms. The molecule has 2 aromatic rings. The van der Waals surface area contributed by atoms with E-state index in [4.69, 9.17) is 14.2 Å². The maximum Gasteiger partial charge on any atom is 0.186 e. The number of benzene rings is 2. The zero-order valence-corrected chi connectivity index (χ0v) is 18.2. The largest absolute Gasteiger partial charge is 0.491 e. The van der Waals surface area contributed by atoms with Crippen molar-refractivity contribution < 1.29 is 29.5 Å². The molecule has 0 amide bonds. The number of fused-ring (bicyclic) bond motifs is 1. The Bertz CT molecular complexity index is 959. The fourth-order valence-electron chi connectivity index (χ4n) is 4.71. The minimum Gasteiger partial charge on any atom is -0.491 e. The molecule has 0 radical (unpaired) electrons. The van der Waals surface area contributed by atoms with Crippen molar-refractivity contribution in [2.75, 3.05) is 25.6 Å². The van der Waals surface area contributed by atoms with Crippen LogP contribution in [0.15, 0.2) is 36.4 Å². The van der Waals surface area contributed by atoms with E-state index in [1.807, 2.05) is 6.07 Å². The molecule has 0 unspecified atom stereocenters. The average molecular weight is 442 g/mol. The van der Waals surface area contributed by atoms with E-state index in [0.29, 0.717) is 12.5 Å². The first-order valence-electron chi connectivity index (χ1n) is 11.4. The molecule has 7 heteroatoms. The summed E-state index contributed by atoms with van der Waals surface area (Å²) in [6, 6.07) is 12.4. The molecule has 0 spiro atoms. The number of methoxy groups -OCH3 is 1. The first-order valence-corrected chi connectivity index (χ1v) is 11.4. The number of hydrogen-bond donors (Lipinski definition) is 4. The predicted molar refractivity (Wildman–Crippen MR) is 119 cm³/mol. The van der Waals surface area contributed by atoms with Crippen LogP contribution in [0.2, 0.25) is 0 Å². The first kappa shape index (κ1) is 21.7. The van der Waals surface area contributed by atoms with Crippen molar-refractivity contribution in [3.05, 3.63) is 58.7 Å². The summed E-state index contributed by atoms with van der Waals surface area (Å²) in [7, 11) is 1.41. The molecule has 2 aromatic carbocycles. The molecule has 2 fully saturated rings. The van der Waals surface area contributed by atoms with Crippen molar-refractivity contribution in [2.45, 2.75) is 62.3 Å². The second-order valence-corrected chi connectivity index (χ2v) is 9.00. The van der Waals surface area contributed by atoms with E-state index in [-0.39, 0.29) is 0 Å². The number of aliphatic hydroxyl groups excluding tert-OH is 3. The SMILES string of the molecule is CO[C@H]1O[C@@H](c2ccc(C3CC3)c(Cc3ccc4c(c3)OCCCN4)c2)[C@H](O)[C@@H](O)[C@@H]1O. The summed E-state index contributed by atoms with van der Waals surface area (Å²) in [5.41, 5.74) is 5.44. The van der Waals surface area contributed by atoms with E-state index in [9.17, 15) is 15.3 Å². The van der Waals surface area contributed by atoms with Crippen LogP contribution in [-0.4, -0.2) is 60.2 Å². The molecule has 3 aliphatic rings. The maximum atomic E-state index is 10.6. The number of ether oxygens (including phenoxy) is 3. The normalized spacial score (nSPS) is 30.1. The molecule has 7 nitrogen and oxygen atoms in total. The van der Waals surface area contributed by atoms with Crippen molar-refractivity contribution in [3.63, 3.8) is 0 Å². The van der Waals surface area contributed by atoms with E-state index in [0.717, 1.165) is 42.0 Å². The van der Waals surface area contributed by atoms with Gasteiger partial charge in [-0.25, -0.2) is 0 Å². The summed E-state index contributed by atoms with van der Waals surface area (Å²) in [6.45, 7) is 1.62. The summed E-state index contributed by atoms with van der Waals surface area (Å²) in [6.07, 6.45) is -1.61. The molecular weight excluding hydrogens is 410 g/mol. The van der Waals surface area contributed by atoms with Crippen molar-refractivity contribution in [1.29, 1.82) is 0 Å². The Kier molecular flexibility index (Phi) is 6.09. The third-order valence-electron chi connectivity index (χ3n) is 6.65. The lowest BCUT2D eigenvalue weighted by Crippen LogP contribution is -2.54. The van der Waals surface area contributed by atoms with E-state index in [1.165, 1.54) is 31.1 Å². The van der Waals surface area contributed by atoms with Crippen molar-refractivity contribution >= 4 is 5.69 Å². The molecule has 5 atom stereocenters. The standard InChI is InChI=1S/C25H31NO6/c1-30-25-23(29)21(27)22(28)24(32-25)16-6-7-18(15-4-5-15)17(13-16)11-14-3-8-19-20(12-14)31-10-2-9-26-19/h3,6-8,12-13,15,21-29H,2,4-5,9-11H2,1H3/t21-,22-,23+,24+,25+/m1/s1. The smallest absolute Gasteiger partial charge is 0.186 e. The van der Waals surface area contributed by atoms with Crippen LogP contribution in [0.1, 0.15) is 53.5 Å². The van der Waals surface area contributed by atoms with E-state index in [2.05, 4.69) is 35.6 Å². The average Bonchev–Trinajstić information content (AvgIpc) is 3.65. The van der Waals surface area contributed by atoms with Gasteiger partial charge in [-0.15, -0.1) is 0 Å². The van der Waals surface area contributed by atoms with Gasteiger partial charge in [0.1, 0.15) is 30.2 Å². The molecule has 5 rings (SSSR count). The summed E-state index contributed by atoms with van der Waals surface area (Å²) >= 11 is 0. The second kappa shape index (κ2) is 9.00. The van der Waals surface area contributed by atoms with Crippen LogP contribution in [0.4, 0.5) is 5.69 Å². The van der Waals surface area contributed by atoms with Gasteiger partial charge in [0.2, 0.25) is 0 Å². The van der Waals surface area contributed by atoms with E-state index < -0.39 is 30.7 Å². The Morgan fingerprint density at radius 1 is 1.03 bits per heavy atom. The van der Waals surface area contributed by atoms with Gasteiger partial charge in [0.15, 0.2) is 6.29 Å². The number of nitrogens with one attached hydrogen (secondary N) is 1. The number of rotatable bonds is 5. The fourth-order valence-corrected chi connectivity index (χ4v) is 4.71. The van der Waals surface area contributed by atoms with Gasteiger partial charge in [0, 0.05) is 13.7 Å². The molecule has 1 saturated carbocycles. The molecule has 2 aliphatic heterocycles. The van der Waals surface area contributed by atoms with Crippen LogP contribution in [0.3, 0.4) is 0 Å². The van der Waals surface area contributed by atoms with Crippen LogP contribution in [0, 0.1) is 0 Å². The molecule has 4 N–H and O–H groups in total. The lowest BCUT2D eigenvalue weighted by atomic mass is 9.89. The van der Waals surface area contributed by atoms with Crippen LogP contribution in [0.25, 0.3) is 0 Å². The third-order valence-corrected chi connectivity index (χ3v) is 6.65.